The van der Waals surface area contributed by atoms with Crippen LogP contribution in [0.2, 0.25) is 0 Å². The van der Waals surface area contributed by atoms with Crippen LogP contribution in [0.3, 0.4) is 0 Å². The Labute approximate surface area is 139 Å². The number of rotatable bonds is 7. The van der Waals surface area contributed by atoms with Gasteiger partial charge in [-0.05, 0) is 51.5 Å². The van der Waals surface area contributed by atoms with E-state index in [1.165, 1.54) is 5.56 Å². The van der Waals surface area contributed by atoms with E-state index in [0.29, 0.717) is 6.61 Å². The molecule has 0 unspecified atom stereocenters. The standard InChI is InChI=1S/C19H26N2O2/c1-20(2)19(21(3)4)16-11-12-17(18(13-16)22-5)23-14-15-9-7-6-8-10-15/h6-13,19H,14H2,1-5H3. The molecule has 0 saturated carbocycles. The van der Waals surface area contributed by atoms with Crippen molar-refractivity contribution in [3.05, 3.63) is 59.7 Å². The van der Waals surface area contributed by atoms with Gasteiger partial charge in [-0.2, -0.15) is 0 Å². The van der Waals surface area contributed by atoms with Gasteiger partial charge >= 0.3 is 0 Å². The van der Waals surface area contributed by atoms with Crippen molar-refractivity contribution in [3.63, 3.8) is 0 Å². The molecule has 0 aliphatic heterocycles. The third-order valence-corrected chi connectivity index (χ3v) is 3.70. The second-order valence-electron chi connectivity index (χ2n) is 5.99. The minimum absolute atomic E-state index is 0.187. The lowest BCUT2D eigenvalue weighted by atomic mass is 10.1. The monoisotopic (exact) mass is 314 g/mol. The van der Waals surface area contributed by atoms with E-state index < -0.39 is 0 Å². The molecule has 2 aromatic carbocycles. The Kier molecular flexibility index (Phi) is 6.02. The summed E-state index contributed by atoms with van der Waals surface area (Å²) < 4.78 is 11.4. The summed E-state index contributed by atoms with van der Waals surface area (Å²) in [6.07, 6.45) is 0.187. The summed E-state index contributed by atoms with van der Waals surface area (Å²) in [5.41, 5.74) is 2.31. The summed E-state index contributed by atoms with van der Waals surface area (Å²) >= 11 is 0. The molecule has 0 spiro atoms. The van der Waals surface area contributed by atoms with Gasteiger partial charge in [-0.15, -0.1) is 0 Å². The van der Waals surface area contributed by atoms with Gasteiger partial charge in [0.25, 0.3) is 0 Å². The van der Waals surface area contributed by atoms with Gasteiger partial charge in [0.05, 0.1) is 13.3 Å². The number of hydrogen-bond acceptors (Lipinski definition) is 4. The van der Waals surface area contributed by atoms with E-state index in [2.05, 4.69) is 56.2 Å². The van der Waals surface area contributed by atoms with Gasteiger partial charge in [-0.3, -0.25) is 9.80 Å². The molecule has 23 heavy (non-hydrogen) atoms. The first kappa shape index (κ1) is 17.3. The first-order valence-corrected chi connectivity index (χ1v) is 7.70. The summed E-state index contributed by atoms with van der Waals surface area (Å²) in [5.74, 6) is 1.52. The first-order valence-electron chi connectivity index (χ1n) is 7.70. The van der Waals surface area contributed by atoms with Crippen LogP contribution >= 0.6 is 0 Å². The van der Waals surface area contributed by atoms with Crippen molar-refractivity contribution in [1.29, 1.82) is 0 Å². The molecule has 124 valence electrons. The van der Waals surface area contributed by atoms with Crippen molar-refractivity contribution in [2.24, 2.45) is 0 Å². The predicted molar refractivity (Wildman–Crippen MR) is 93.9 cm³/mol. The molecule has 0 N–H and O–H groups in total. The molecule has 0 aliphatic rings. The van der Waals surface area contributed by atoms with E-state index in [1.54, 1.807) is 7.11 Å². The molecule has 0 fully saturated rings. The minimum atomic E-state index is 0.187. The normalized spacial score (nSPS) is 11.3. The average Bonchev–Trinajstić information content (AvgIpc) is 2.53. The molecule has 0 radical (unpaired) electrons. The van der Waals surface area contributed by atoms with Crippen LogP contribution in [0.1, 0.15) is 17.3 Å². The van der Waals surface area contributed by atoms with Gasteiger partial charge < -0.3 is 9.47 Å². The van der Waals surface area contributed by atoms with Crippen molar-refractivity contribution in [3.8, 4) is 11.5 Å². The van der Waals surface area contributed by atoms with Crippen molar-refractivity contribution in [1.82, 2.24) is 9.80 Å². The maximum Gasteiger partial charge on any atom is 0.161 e. The third kappa shape index (κ3) is 4.47. The molecule has 4 nitrogen and oxygen atoms in total. The molecular formula is C19H26N2O2. The molecule has 0 aromatic heterocycles. The second-order valence-corrected chi connectivity index (χ2v) is 5.99. The molecule has 0 heterocycles. The van der Waals surface area contributed by atoms with Crippen LogP contribution in [0.25, 0.3) is 0 Å². The lowest BCUT2D eigenvalue weighted by Crippen LogP contribution is -2.32. The summed E-state index contributed by atoms with van der Waals surface area (Å²) in [6.45, 7) is 0.529. The highest BCUT2D eigenvalue weighted by Gasteiger charge is 2.18. The van der Waals surface area contributed by atoms with Crippen LogP contribution in [0.15, 0.2) is 48.5 Å². The molecule has 4 heteroatoms. The first-order chi connectivity index (χ1) is 11.0. The zero-order chi connectivity index (χ0) is 16.8. The number of nitrogens with zero attached hydrogens (tertiary/aromatic N) is 2. The molecule has 0 bridgehead atoms. The smallest absolute Gasteiger partial charge is 0.161 e. The van der Waals surface area contributed by atoms with Crippen LogP contribution < -0.4 is 9.47 Å². The van der Waals surface area contributed by atoms with Crippen LogP contribution in [0.4, 0.5) is 0 Å². The van der Waals surface area contributed by atoms with Crippen molar-refractivity contribution >= 4 is 0 Å². The maximum atomic E-state index is 5.92. The lowest BCUT2D eigenvalue weighted by Gasteiger charge is -2.31. The predicted octanol–water partition coefficient (Wildman–Crippen LogP) is 3.40. The fourth-order valence-electron chi connectivity index (χ4n) is 2.76. The fourth-order valence-corrected chi connectivity index (χ4v) is 2.76. The van der Waals surface area contributed by atoms with Crippen molar-refractivity contribution in [2.45, 2.75) is 12.8 Å². The Morgan fingerprint density at radius 1 is 0.870 bits per heavy atom. The zero-order valence-corrected chi connectivity index (χ0v) is 14.6. The van der Waals surface area contributed by atoms with Crippen LogP contribution in [0, 0.1) is 0 Å². The second kappa shape index (κ2) is 7.99. The van der Waals surface area contributed by atoms with Gasteiger partial charge in [0.15, 0.2) is 11.5 Å². The molecule has 0 amide bonds. The van der Waals surface area contributed by atoms with Gasteiger partial charge in [0, 0.05) is 0 Å². The van der Waals surface area contributed by atoms with E-state index in [0.717, 1.165) is 17.1 Å². The highest BCUT2D eigenvalue weighted by Crippen LogP contribution is 2.32. The number of methoxy groups -OCH3 is 1. The number of ether oxygens (including phenoxy) is 2. The number of benzene rings is 2. The molecule has 0 saturated heterocycles. The number of hydrogen-bond donors (Lipinski definition) is 0. The Morgan fingerprint density at radius 3 is 2.09 bits per heavy atom. The molecule has 2 rings (SSSR count). The SMILES string of the molecule is COc1cc(C(N(C)C)N(C)C)ccc1OCc1ccccc1. The molecular weight excluding hydrogens is 288 g/mol. The van der Waals surface area contributed by atoms with E-state index in [-0.39, 0.29) is 6.17 Å². The van der Waals surface area contributed by atoms with Crippen LogP contribution in [-0.4, -0.2) is 45.1 Å². The Morgan fingerprint density at radius 2 is 1.52 bits per heavy atom. The highest BCUT2D eigenvalue weighted by atomic mass is 16.5. The Bertz CT molecular complexity index is 604. The lowest BCUT2D eigenvalue weighted by molar-refractivity contribution is 0.130. The molecule has 2 aromatic rings. The van der Waals surface area contributed by atoms with Crippen LogP contribution in [0.5, 0.6) is 11.5 Å². The fraction of sp³-hybridized carbons (Fsp3) is 0.368. The quantitative estimate of drug-likeness (QED) is 0.731. The highest BCUT2D eigenvalue weighted by molar-refractivity contribution is 5.44. The summed E-state index contributed by atoms with van der Waals surface area (Å²) in [4.78, 5) is 4.33. The average molecular weight is 314 g/mol. The summed E-state index contributed by atoms with van der Waals surface area (Å²) in [7, 11) is 9.94. The summed E-state index contributed by atoms with van der Waals surface area (Å²) in [5, 5.41) is 0. The van der Waals surface area contributed by atoms with E-state index in [1.807, 2.05) is 30.3 Å². The van der Waals surface area contributed by atoms with Gasteiger partial charge in [0.1, 0.15) is 6.61 Å². The zero-order valence-electron chi connectivity index (χ0n) is 14.6. The van der Waals surface area contributed by atoms with Crippen molar-refractivity contribution < 1.29 is 9.47 Å². The third-order valence-electron chi connectivity index (χ3n) is 3.70. The van der Waals surface area contributed by atoms with Gasteiger partial charge in [-0.1, -0.05) is 36.4 Å². The maximum absolute atomic E-state index is 5.92. The van der Waals surface area contributed by atoms with Crippen molar-refractivity contribution in [2.75, 3.05) is 35.3 Å². The molecule has 0 atom stereocenters. The van der Waals surface area contributed by atoms with Gasteiger partial charge in [-0.25, -0.2) is 0 Å². The minimum Gasteiger partial charge on any atom is -0.493 e. The van der Waals surface area contributed by atoms with E-state index in [9.17, 15) is 0 Å². The Balaban J connectivity index is 2.19. The topological polar surface area (TPSA) is 24.9 Å². The van der Waals surface area contributed by atoms with E-state index in [4.69, 9.17) is 9.47 Å². The molecule has 0 aliphatic carbocycles. The summed E-state index contributed by atoms with van der Waals surface area (Å²) in [6, 6.07) is 16.2. The Hall–Kier alpha value is -2.04. The largest absolute Gasteiger partial charge is 0.493 e. The van der Waals surface area contributed by atoms with E-state index >= 15 is 0 Å². The van der Waals surface area contributed by atoms with Crippen LogP contribution in [-0.2, 0) is 6.61 Å². The van der Waals surface area contributed by atoms with Gasteiger partial charge in [0.2, 0.25) is 0 Å².